The smallest absolute Gasteiger partial charge is 0.330 e. The summed E-state index contributed by atoms with van der Waals surface area (Å²) < 4.78 is 1.28. The molecule has 0 bridgehead atoms. The number of benzene rings is 1. The Hall–Kier alpha value is -3.69. The minimum atomic E-state index is -0.706. The number of nitrogens with two attached hydrogens (primary N) is 1. The summed E-state index contributed by atoms with van der Waals surface area (Å²) in [6.45, 7) is 4.23. The van der Waals surface area contributed by atoms with Gasteiger partial charge in [-0.05, 0) is 25.5 Å². The van der Waals surface area contributed by atoms with Crippen LogP contribution in [0.4, 0.5) is 11.5 Å². The molecule has 0 aliphatic rings. The molecule has 3 aromatic rings. The van der Waals surface area contributed by atoms with Crippen LogP contribution in [-0.2, 0) is 17.8 Å². The summed E-state index contributed by atoms with van der Waals surface area (Å²) in [4.78, 5) is 60.3. The van der Waals surface area contributed by atoms with Crippen LogP contribution in [0, 0.1) is 0 Å². The Morgan fingerprint density at radius 3 is 2.58 bits per heavy atom. The van der Waals surface area contributed by atoms with Gasteiger partial charge >= 0.3 is 5.69 Å². The summed E-state index contributed by atoms with van der Waals surface area (Å²) in [6, 6.07) is 6.94. The minimum Gasteiger partial charge on any atom is -0.383 e. The second kappa shape index (κ2) is 9.41. The number of aromatic nitrogens is 4. The Bertz CT molecular complexity index is 1270. The molecule has 0 spiro atoms. The monoisotopic (exact) mass is 426 g/mol. The topological polar surface area (TPSA) is 147 Å². The number of aryl methyl sites for hydroxylation is 1. The average Bonchev–Trinajstić information content (AvgIpc) is 2.74. The summed E-state index contributed by atoms with van der Waals surface area (Å²) in [5.41, 5.74) is 5.05. The Morgan fingerprint density at radius 2 is 1.87 bits per heavy atom. The summed E-state index contributed by atoms with van der Waals surface area (Å²) >= 11 is 0. The lowest BCUT2D eigenvalue weighted by molar-refractivity contribution is -0.118. The predicted molar refractivity (Wildman–Crippen MR) is 119 cm³/mol. The number of anilines is 2. The fraction of sp³-hybridized carbons (Fsp3) is 0.381. The van der Waals surface area contributed by atoms with E-state index >= 15 is 0 Å². The van der Waals surface area contributed by atoms with Crippen molar-refractivity contribution in [3.8, 4) is 0 Å². The van der Waals surface area contributed by atoms with Crippen molar-refractivity contribution in [2.24, 2.45) is 0 Å². The van der Waals surface area contributed by atoms with E-state index < -0.39 is 11.2 Å². The second-order valence-electron chi connectivity index (χ2n) is 7.17. The molecule has 10 nitrogen and oxygen atoms in total. The van der Waals surface area contributed by atoms with Gasteiger partial charge in [0, 0.05) is 25.9 Å². The van der Waals surface area contributed by atoms with E-state index in [1.165, 1.54) is 9.47 Å². The van der Waals surface area contributed by atoms with Gasteiger partial charge in [-0.25, -0.2) is 9.78 Å². The molecule has 0 atom stereocenters. The zero-order chi connectivity index (χ0) is 22.5. The van der Waals surface area contributed by atoms with Gasteiger partial charge in [0.1, 0.15) is 11.6 Å². The molecule has 31 heavy (non-hydrogen) atoms. The van der Waals surface area contributed by atoms with Crippen LogP contribution in [0.25, 0.3) is 10.9 Å². The molecule has 1 aromatic carbocycles. The van der Waals surface area contributed by atoms with Crippen LogP contribution in [0.5, 0.6) is 0 Å². The first-order valence-electron chi connectivity index (χ1n) is 10.3. The standard InChI is InChI=1S/C21H26N6O4/c1-3-5-12-27-18(22)17(20(30)25-21(27)31)26(4-2)16(28)11-10-15-23-14-9-7-6-8-13(14)19(29)24-15/h6-9H,3-5,10-12,22H2,1-2H3,(H,23,24,29)(H,25,30,31). The zero-order valence-electron chi connectivity index (χ0n) is 17.6. The molecule has 1 amide bonds. The van der Waals surface area contributed by atoms with Crippen LogP contribution in [0.1, 0.15) is 38.9 Å². The number of amides is 1. The molecule has 0 fully saturated rings. The van der Waals surface area contributed by atoms with E-state index in [0.717, 1.165) is 6.42 Å². The number of aromatic amines is 2. The number of para-hydroxylation sites is 1. The number of nitrogens with zero attached hydrogens (tertiary/aromatic N) is 3. The van der Waals surface area contributed by atoms with Crippen molar-refractivity contribution < 1.29 is 4.79 Å². The lowest BCUT2D eigenvalue weighted by Crippen LogP contribution is -2.41. The molecule has 0 unspecified atom stereocenters. The van der Waals surface area contributed by atoms with Crippen LogP contribution in [-0.4, -0.2) is 32.0 Å². The third-order valence-corrected chi connectivity index (χ3v) is 5.07. The molecule has 10 heteroatoms. The number of unbranched alkanes of at least 4 members (excludes halogenated alkanes) is 1. The molecule has 0 saturated heterocycles. The normalized spacial score (nSPS) is 11.0. The number of carbonyl (C=O) groups excluding carboxylic acids is 1. The van der Waals surface area contributed by atoms with E-state index in [2.05, 4.69) is 15.0 Å². The molecule has 2 aromatic heterocycles. The predicted octanol–water partition coefficient (Wildman–Crippen LogP) is 1.14. The summed E-state index contributed by atoms with van der Waals surface area (Å²) in [5, 5.41) is 0.474. The van der Waals surface area contributed by atoms with Crippen LogP contribution >= 0.6 is 0 Å². The van der Waals surface area contributed by atoms with Gasteiger partial charge in [0.2, 0.25) is 5.91 Å². The number of rotatable bonds is 8. The number of carbonyl (C=O) groups is 1. The number of hydrogen-bond acceptors (Lipinski definition) is 6. The van der Waals surface area contributed by atoms with Crippen molar-refractivity contribution in [2.45, 2.75) is 46.1 Å². The lowest BCUT2D eigenvalue weighted by atomic mass is 10.2. The van der Waals surface area contributed by atoms with E-state index in [9.17, 15) is 19.2 Å². The molecule has 2 heterocycles. The first-order valence-corrected chi connectivity index (χ1v) is 10.3. The highest BCUT2D eigenvalue weighted by atomic mass is 16.2. The van der Waals surface area contributed by atoms with Crippen molar-refractivity contribution in [1.82, 2.24) is 19.5 Å². The highest BCUT2D eigenvalue weighted by molar-refractivity contribution is 5.95. The molecule has 0 radical (unpaired) electrons. The quantitative estimate of drug-likeness (QED) is 0.492. The number of nitrogen functional groups attached to an aromatic ring is 1. The fourth-order valence-corrected chi connectivity index (χ4v) is 3.45. The number of hydrogen-bond donors (Lipinski definition) is 3. The minimum absolute atomic E-state index is 0.00207. The van der Waals surface area contributed by atoms with Gasteiger partial charge in [-0.2, -0.15) is 0 Å². The highest BCUT2D eigenvalue weighted by Crippen LogP contribution is 2.18. The number of H-pyrrole nitrogens is 2. The third kappa shape index (κ3) is 4.57. The molecule has 4 N–H and O–H groups in total. The van der Waals surface area contributed by atoms with Crippen molar-refractivity contribution in [2.75, 3.05) is 17.2 Å². The first kappa shape index (κ1) is 22.0. The SMILES string of the molecule is CCCCn1c(N)c(N(CC)C(=O)CCc2nc3ccccc3c(=O)[nH]2)c(=O)[nH]c1=O. The van der Waals surface area contributed by atoms with Gasteiger partial charge in [0.25, 0.3) is 11.1 Å². The summed E-state index contributed by atoms with van der Waals surface area (Å²) in [7, 11) is 0. The Kier molecular flexibility index (Phi) is 6.68. The molecule has 0 saturated carbocycles. The van der Waals surface area contributed by atoms with Gasteiger partial charge < -0.3 is 15.6 Å². The number of fused-ring (bicyclic) bond motifs is 1. The van der Waals surface area contributed by atoms with Crippen molar-refractivity contribution in [1.29, 1.82) is 0 Å². The Balaban J connectivity index is 1.86. The van der Waals surface area contributed by atoms with Crippen molar-refractivity contribution >= 4 is 28.3 Å². The highest BCUT2D eigenvalue weighted by Gasteiger charge is 2.23. The van der Waals surface area contributed by atoms with Crippen LogP contribution < -0.4 is 27.4 Å². The van der Waals surface area contributed by atoms with E-state index in [0.29, 0.717) is 29.7 Å². The maximum absolute atomic E-state index is 12.9. The molecule has 0 aliphatic heterocycles. The first-order chi connectivity index (χ1) is 14.9. The maximum Gasteiger partial charge on any atom is 0.330 e. The molecular weight excluding hydrogens is 400 g/mol. The van der Waals surface area contributed by atoms with E-state index in [4.69, 9.17) is 5.73 Å². The largest absolute Gasteiger partial charge is 0.383 e. The van der Waals surface area contributed by atoms with Crippen molar-refractivity contribution in [3.63, 3.8) is 0 Å². The Labute approximate surface area is 177 Å². The fourth-order valence-electron chi connectivity index (χ4n) is 3.45. The van der Waals surface area contributed by atoms with Gasteiger partial charge in [-0.1, -0.05) is 25.5 Å². The van der Waals surface area contributed by atoms with Gasteiger partial charge in [-0.3, -0.25) is 23.9 Å². The second-order valence-corrected chi connectivity index (χ2v) is 7.17. The summed E-state index contributed by atoms with van der Waals surface area (Å²) in [6.07, 6.45) is 1.73. The zero-order valence-corrected chi connectivity index (χ0v) is 17.6. The Morgan fingerprint density at radius 1 is 1.13 bits per heavy atom. The van der Waals surface area contributed by atoms with Crippen LogP contribution in [0.3, 0.4) is 0 Å². The maximum atomic E-state index is 12.9. The molecule has 164 valence electrons. The van der Waals surface area contributed by atoms with E-state index in [1.54, 1.807) is 31.2 Å². The molecule has 3 rings (SSSR count). The van der Waals surface area contributed by atoms with E-state index in [-0.39, 0.29) is 42.4 Å². The van der Waals surface area contributed by atoms with Crippen LogP contribution in [0.2, 0.25) is 0 Å². The third-order valence-electron chi connectivity index (χ3n) is 5.07. The summed E-state index contributed by atoms with van der Waals surface area (Å²) in [5.74, 6) is -0.0197. The van der Waals surface area contributed by atoms with Gasteiger partial charge in [0.15, 0.2) is 5.69 Å². The van der Waals surface area contributed by atoms with Gasteiger partial charge in [-0.15, -0.1) is 0 Å². The average molecular weight is 426 g/mol. The van der Waals surface area contributed by atoms with Crippen molar-refractivity contribution in [3.05, 3.63) is 61.3 Å². The number of nitrogens with one attached hydrogen (secondary N) is 2. The van der Waals surface area contributed by atoms with Gasteiger partial charge in [0.05, 0.1) is 10.9 Å². The molecule has 0 aliphatic carbocycles. The van der Waals surface area contributed by atoms with E-state index in [1.807, 2.05) is 6.92 Å². The lowest BCUT2D eigenvalue weighted by Gasteiger charge is -2.23. The van der Waals surface area contributed by atoms with Crippen LogP contribution in [0.15, 0.2) is 38.6 Å². The molecular formula is C21H26N6O4.